The van der Waals surface area contributed by atoms with Gasteiger partial charge in [-0.2, -0.15) is 0 Å². The van der Waals surface area contributed by atoms with Crippen LogP contribution in [0.15, 0.2) is 41.0 Å². The number of methoxy groups -OCH3 is 1. The van der Waals surface area contributed by atoms with E-state index in [1.54, 1.807) is 19.2 Å². The van der Waals surface area contributed by atoms with Crippen molar-refractivity contribution >= 4 is 11.8 Å². The Morgan fingerprint density at radius 2 is 1.89 bits per heavy atom. The molecule has 1 saturated carbocycles. The number of esters is 1. The molecular weight excluding hydrogens is 454 g/mol. The Morgan fingerprint density at radius 1 is 1.11 bits per heavy atom. The highest BCUT2D eigenvalue weighted by atomic mass is 16.5. The maximum absolute atomic E-state index is 14.3. The van der Waals surface area contributed by atoms with Gasteiger partial charge in [0.15, 0.2) is 5.76 Å². The largest absolute Gasteiger partial charge is 0.497 e. The van der Waals surface area contributed by atoms with Crippen molar-refractivity contribution in [1.29, 1.82) is 0 Å². The fourth-order valence-electron chi connectivity index (χ4n) is 8.53. The summed E-state index contributed by atoms with van der Waals surface area (Å²) in [7, 11) is 3.84. The van der Waals surface area contributed by atoms with Crippen LogP contribution in [-0.2, 0) is 21.4 Å². The van der Waals surface area contributed by atoms with Crippen LogP contribution in [0.2, 0.25) is 0 Å². The number of carbonyl (C=O) groups excluding carboxylic acids is 2. The molecule has 36 heavy (non-hydrogen) atoms. The molecule has 1 aromatic heterocycles. The number of piperidine rings is 2. The highest BCUT2D eigenvalue weighted by Crippen LogP contribution is 2.71. The quantitative estimate of drug-likeness (QED) is 0.258. The first-order valence-electron chi connectivity index (χ1n) is 13.5. The lowest BCUT2D eigenvalue weighted by Crippen LogP contribution is -2.79. The van der Waals surface area contributed by atoms with E-state index in [0.29, 0.717) is 6.42 Å². The molecule has 6 nitrogen and oxygen atoms in total. The van der Waals surface area contributed by atoms with E-state index in [-0.39, 0.29) is 41.1 Å². The van der Waals surface area contributed by atoms with Crippen LogP contribution in [0.5, 0.6) is 5.75 Å². The molecule has 2 aromatic rings. The van der Waals surface area contributed by atoms with Crippen LogP contribution in [0.1, 0.15) is 81.0 Å². The van der Waals surface area contributed by atoms with Gasteiger partial charge in [0, 0.05) is 17.5 Å². The van der Waals surface area contributed by atoms with Gasteiger partial charge < -0.3 is 13.9 Å². The molecule has 2 aliphatic heterocycles. The zero-order valence-corrected chi connectivity index (χ0v) is 22.3. The molecule has 3 heterocycles. The normalized spacial score (nSPS) is 32.7. The minimum Gasteiger partial charge on any atom is -0.497 e. The molecular formula is C30H39NO5. The van der Waals surface area contributed by atoms with Crippen molar-refractivity contribution < 1.29 is 23.5 Å². The molecule has 6 rings (SSSR count). The van der Waals surface area contributed by atoms with E-state index in [1.807, 2.05) is 6.92 Å². The molecule has 194 valence electrons. The van der Waals surface area contributed by atoms with Crippen LogP contribution < -0.4 is 4.74 Å². The number of benzene rings is 1. The van der Waals surface area contributed by atoms with Crippen molar-refractivity contribution in [1.82, 2.24) is 4.90 Å². The van der Waals surface area contributed by atoms with E-state index in [1.165, 1.54) is 17.4 Å². The van der Waals surface area contributed by atoms with Crippen LogP contribution in [0.4, 0.5) is 0 Å². The molecule has 6 heteroatoms. The van der Waals surface area contributed by atoms with E-state index < -0.39 is 11.4 Å². The summed E-state index contributed by atoms with van der Waals surface area (Å²) in [5, 5.41) is 0. The van der Waals surface area contributed by atoms with Crippen LogP contribution in [0.3, 0.4) is 0 Å². The van der Waals surface area contributed by atoms with Crippen LogP contribution in [0, 0.1) is 10.8 Å². The average molecular weight is 494 g/mol. The zero-order chi connectivity index (χ0) is 25.7. The number of carbonyl (C=O) groups is 2. The van der Waals surface area contributed by atoms with Gasteiger partial charge in [-0.15, -0.1) is 0 Å². The second-order valence-electron chi connectivity index (χ2n) is 11.0. The number of rotatable bonds is 9. The first-order valence-corrected chi connectivity index (χ1v) is 13.5. The number of likely N-dealkylation sites (N-methyl/N-ethyl adjacent to an activating group) is 1. The van der Waals surface area contributed by atoms with Gasteiger partial charge in [-0.05, 0) is 86.9 Å². The first kappa shape index (κ1) is 25.1. The molecule has 0 N–H and O–H groups in total. The maximum atomic E-state index is 14.3. The van der Waals surface area contributed by atoms with Gasteiger partial charge in [-0.1, -0.05) is 32.8 Å². The summed E-state index contributed by atoms with van der Waals surface area (Å²) in [6.45, 7) is 6.52. The van der Waals surface area contributed by atoms with Crippen LogP contribution in [0.25, 0.3) is 0 Å². The zero-order valence-electron chi connectivity index (χ0n) is 22.3. The van der Waals surface area contributed by atoms with E-state index >= 15 is 0 Å². The summed E-state index contributed by atoms with van der Waals surface area (Å²) in [5.41, 5.74) is 1.04. The molecule has 4 aliphatic rings. The summed E-state index contributed by atoms with van der Waals surface area (Å²) < 4.78 is 17.0. The Hall–Kier alpha value is -2.60. The minimum atomic E-state index is -1.29. The lowest BCUT2D eigenvalue weighted by Gasteiger charge is -2.73. The molecule has 0 radical (unpaired) electrons. The Kier molecular flexibility index (Phi) is 6.30. The molecule has 0 amide bonds. The number of hydrogen-bond donors (Lipinski definition) is 0. The summed E-state index contributed by atoms with van der Waals surface area (Å²) >= 11 is 0. The van der Waals surface area contributed by atoms with Gasteiger partial charge in [0.2, 0.25) is 5.78 Å². The Bertz CT molecular complexity index is 1140. The smallest absolute Gasteiger partial charge is 0.321 e. The standard InChI is InChI=1S/C30H39NO5/c1-6-13-28-18-25-30(27(33)35-8-3,26(32)23-10-9-15-36-23)19-29(28,14-7-2)24(31(25)4)16-20-11-12-21(34-5)17-22(20)28/h9-12,15,17,24-25H,6-8,13-14,16,18-19H2,1-5H3. The van der Waals surface area contributed by atoms with Gasteiger partial charge in [0.05, 0.1) is 20.0 Å². The highest BCUT2D eigenvalue weighted by molar-refractivity contribution is 6.12. The van der Waals surface area contributed by atoms with Crippen molar-refractivity contribution in [2.24, 2.45) is 10.8 Å². The number of furan rings is 1. The molecule has 4 bridgehead atoms. The minimum absolute atomic E-state index is 0.138. The summed E-state index contributed by atoms with van der Waals surface area (Å²) in [6.07, 6.45) is 7.61. The van der Waals surface area contributed by atoms with Crippen molar-refractivity contribution in [2.75, 3.05) is 20.8 Å². The third kappa shape index (κ3) is 3.12. The monoisotopic (exact) mass is 493 g/mol. The molecule has 5 unspecified atom stereocenters. The third-order valence-corrected chi connectivity index (χ3v) is 9.69. The predicted octanol–water partition coefficient (Wildman–Crippen LogP) is 5.58. The second-order valence-corrected chi connectivity index (χ2v) is 11.0. The lowest BCUT2D eigenvalue weighted by atomic mass is 9.36. The van der Waals surface area contributed by atoms with Crippen LogP contribution in [-0.4, -0.2) is 49.5 Å². The van der Waals surface area contributed by atoms with E-state index in [0.717, 1.165) is 44.3 Å². The summed E-state index contributed by atoms with van der Waals surface area (Å²) in [4.78, 5) is 30.6. The van der Waals surface area contributed by atoms with Gasteiger partial charge >= 0.3 is 5.97 Å². The van der Waals surface area contributed by atoms with Gasteiger partial charge in [-0.3, -0.25) is 14.5 Å². The number of Topliss-reactive ketones (excluding diaryl/α,β-unsaturated/α-hetero) is 1. The molecule has 0 spiro atoms. The molecule has 3 fully saturated rings. The van der Waals surface area contributed by atoms with Crippen molar-refractivity contribution in [3.05, 3.63) is 53.5 Å². The Labute approximate surface area is 214 Å². The van der Waals surface area contributed by atoms with Gasteiger partial charge in [0.1, 0.15) is 11.2 Å². The van der Waals surface area contributed by atoms with E-state index in [2.05, 4.69) is 44.0 Å². The van der Waals surface area contributed by atoms with Gasteiger partial charge in [0.25, 0.3) is 0 Å². The molecule has 1 aromatic carbocycles. The van der Waals surface area contributed by atoms with Crippen molar-refractivity contribution in [3.63, 3.8) is 0 Å². The SMILES string of the molecule is CCCC12CC3N(C)C(Cc4ccc(OC)cc41)C2(CCC)CC3(C(=O)OCC)C(=O)c1ccco1. The average Bonchev–Trinajstić information content (AvgIpc) is 3.41. The fourth-order valence-corrected chi connectivity index (χ4v) is 8.53. The first-order chi connectivity index (χ1) is 17.3. The molecule has 2 aliphatic carbocycles. The van der Waals surface area contributed by atoms with Crippen molar-refractivity contribution in [2.45, 2.75) is 83.2 Å². The van der Waals surface area contributed by atoms with E-state index in [9.17, 15) is 9.59 Å². The lowest BCUT2D eigenvalue weighted by molar-refractivity contribution is -0.208. The summed E-state index contributed by atoms with van der Waals surface area (Å²) in [6, 6.07) is 9.89. The number of nitrogens with zero attached hydrogens (tertiary/aromatic N) is 1. The predicted molar refractivity (Wildman–Crippen MR) is 137 cm³/mol. The molecule has 2 saturated heterocycles. The number of hydrogen-bond acceptors (Lipinski definition) is 6. The van der Waals surface area contributed by atoms with Crippen LogP contribution >= 0.6 is 0 Å². The maximum Gasteiger partial charge on any atom is 0.321 e. The number of ether oxygens (including phenoxy) is 2. The van der Waals surface area contributed by atoms with E-state index in [4.69, 9.17) is 13.9 Å². The Morgan fingerprint density at radius 3 is 2.53 bits per heavy atom. The summed E-state index contributed by atoms with van der Waals surface area (Å²) in [5.74, 6) is 0.469. The fraction of sp³-hybridized carbons (Fsp3) is 0.600. The van der Waals surface area contributed by atoms with Gasteiger partial charge in [-0.25, -0.2) is 0 Å². The highest BCUT2D eigenvalue weighted by Gasteiger charge is 2.76. The molecule has 5 atom stereocenters. The topological polar surface area (TPSA) is 69.0 Å². The van der Waals surface area contributed by atoms with Crippen molar-refractivity contribution in [3.8, 4) is 5.75 Å². The number of ketones is 1. The number of fused-ring (bicyclic) bond motifs is 2. The third-order valence-electron chi connectivity index (χ3n) is 9.69. The second kappa shape index (κ2) is 9.05. The Balaban J connectivity index is 1.77.